The van der Waals surface area contributed by atoms with Crippen molar-refractivity contribution in [2.75, 3.05) is 29.2 Å². The van der Waals surface area contributed by atoms with Crippen molar-refractivity contribution >= 4 is 34.9 Å². The molecule has 0 unspecified atom stereocenters. The molecule has 0 aliphatic rings. The van der Waals surface area contributed by atoms with Crippen molar-refractivity contribution in [3.63, 3.8) is 0 Å². The molecule has 3 rings (SSSR count). The minimum atomic E-state index is -0.640. The molecule has 35 heavy (non-hydrogen) atoms. The molecular formula is C28H32ClN3O3. The summed E-state index contributed by atoms with van der Waals surface area (Å²) in [7, 11) is 0. The second kappa shape index (κ2) is 12.3. The minimum Gasteiger partial charge on any atom is -0.457 e. The van der Waals surface area contributed by atoms with E-state index < -0.39 is 5.41 Å². The fourth-order valence-corrected chi connectivity index (χ4v) is 3.35. The molecule has 0 aromatic heterocycles. The topological polar surface area (TPSA) is 70.7 Å². The van der Waals surface area contributed by atoms with Crippen LogP contribution in [0.4, 0.5) is 16.2 Å². The lowest BCUT2D eigenvalue weighted by Gasteiger charge is -2.25. The third kappa shape index (κ3) is 7.76. The maximum atomic E-state index is 13.2. The average Bonchev–Trinajstić information content (AvgIpc) is 2.86. The van der Waals surface area contributed by atoms with Crippen LogP contribution in [0.1, 0.15) is 25.8 Å². The maximum absolute atomic E-state index is 13.2. The number of aryl methyl sites for hydroxylation is 1. The number of ether oxygens (including phenoxy) is 1. The predicted octanol–water partition coefficient (Wildman–Crippen LogP) is 6.60. The number of rotatable bonds is 10. The Balaban J connectivity index is 1.69. The third-order valence-electron chi connectivity index (χ3n) is 5.47. The number of carbonyl (C=O) groups is 2. The van der Waals surface area contributed by atoms with Crippen LogP contribution in [0.2, 0.25) is 0 Å². The molecule has 0 aliphatic heterocycles. The molecule has 0 saturated heterocycles. The Labute approximate surface area is 212 Å². The number of benzene rings is 3. The maximum Gasteiger partial charge on any atom is 0.326 e. The van der Waals surface area contributed by atoms with Crippen LogP contribution in [-0.2, 0) is 4.79 Å². The predicted molar refractivity (Wildman–Crippen MR) is 143 cm³/mol. The van der Waals surface area contributed by atoms with Crippen LogP contribution in [0.25, 0.3) is 0 Å². The van der Waals surface area contributed by atoms with E-state index in [2.05, 4.69) is 10.6 Å². The molecule has 2 N–H and O–H groups in total. The van der Waals surface area contributed by atoms with Crippen molar-refractivity contribution in [3.05, 3.63) is 84.4 Å². The van der Waals surface area contributed by atoms with Gasteiger partial charge in [-0.2, -0.15) is 0 Å². The molecule has 184 valence electrons. The number of anilines is 2. The van der Waals surface area contributed by atoms with Crippen molar-refractivity contribution in [1.82, 2.24) is 5.32 Å². The summed E-state index contributed by atoms with van der Waals surface area (Å²) in [5.74, 6) is 1.55. The van der Waals surface area contributed by atoms with Gasteiger partial charge in [0.25, 0.3) is 0 Å². The number of carbonyl (C=O) groups excluding carboxylic acids is 2. The number of hydrogen-bond acceptors (Lipinski definition) is 3. The summed E-state index contributed by atoms with van der Waals surface area (Å²) in [5.41, 5.74) is 1.91. The normalized spacial score (nSPS) is 11.0. The molecule has 3 aromatic rings. The van der Waals surface area contributed by atoms with E-state index in [1.54, 1.807) is 18.7 Å². The number of hydrogen-bond donors (Lipinski definition) is 2. The van der Waals surface area contributed by atoms with Gasteiger partial charge in [0, 0.05) is 30.3 Å². The van der Waals surface area contributed by atoms with Gasteiger partial charge < -0.3 is 15.4 Å². The summed E-state index contributed by atoms with van der Waals surface area (Å²) in [6.07, 6.45) is 0.577. The molecule has 7 heteroatoms. The smallest absolute Gasteiger partial charge is 0.326 e. The highest BCUT2D eigenvalue weighted by Gasteiger charge is 2.26. The van der Waals surface area contributed by atoms with Crippen molar-refractivity contribution < 1.29 is 14.3 Å². The van der Waals surface area contributed by atoms with Gasteiger partial charge in [-0.25, -0.2) is 4.79 Å². The molecule has 0 aliphatic carbocycles. The Morgan fingerprint density at radius 3 is 2.17 bits per heavy atom. The Kier molecular flexibility index (Phi) is 9.15. The van der Waals surface area contributed by atoms with Crippen LogP contribution in [0.15, 0.2) is 78.9 Å². The zero-order chi connectivity index (χ0) is 25.3. The van der Waals surface area contributed by atoms with Crippen LogP contribution >= 0.6 is 11.6 Å². The van der Waals surface area contributed by atoms with Gasteiger partial charge in [0.15, 0.2) is 0 Å². The van der Waals surface area contributed by atoms with Gasteiger partial charge >= 0.3 is 6.03 Å². The van der Waals surface area contributed by atoms with Crippen LogP contribution in [-0.4, -0.2) is 30.9 Å². The highest BCUT2D eigenvalue weighted by Crippen LogP contribution is 2.25. The summed E-state index contributed by atoms with van der Waals surface area (Å²) >= 11 is 5.89. The van der Waals surface area contributed by atoms with Crippen LogP contribution in [0.5, 0.6) is 11.5 Å². The summed E-state index contributed by atoms with van der Waals surface area (Å²) in [6.45, 7) is 6.45. The highest BCUT2D eigenvalue weighted by atomic mass is 35.5. The second-order valence-corrected chi connectivity index (χ2v) is 9.25. The SMILES string of the molecule is Cc1ccc(NC(=O)N(CCCNC(=O)C(C)(C)CCl)c2ccc(Oc3ccccc3)cc2)cc1. The lowest BCUT2D eigenvalue weighted by molar-refractivity contribution is -0.128. The van der Waals surface area contributed by atoms with E-state index in [4.69, 9.17) is 16.3 Å². The van der Waals surface area contributed by atoms with E-state index in [1.807, 2.05) is 85.8 Å². The van der Waals surface area contributed by atoms with Gasteiger partial charge in [-0.1, -0.05) is 35.9 Å². The fraction of sp³-hybridized carbons (Fsp3) is 0.286. The molecule has 0 saturated carbocycles. The lowest BCUT2D eigenvalue weighted by atomic mass is 9.95. The van der Waals surface area contributed by atoms with Crippen LogP contribution < -0.4 is 20.3 Å². The average molecular weight is 494 g/mol. The molecule has 3 aromatic carbocycles. The first-order chi connectivity index (χ1) is 16.8. The van der Waals surface area contributed by atoms with Crippen molar-refractivity contribution in [2.45, 2.75) is 27.2 Å². The molecule has 0 bridgehead atoms. The van der Waals surface area contributed by atoms with Gasteiger partial charge in [0.1, 0.15) is 11.5 Å². The Bertz CT molecular complexity index is 1100. The number of amides is 3. The van der Waals surface area contributed by atoms with Crippen LogP contribution in [0.3, 0.4) is 0 Å². The number of alkyl halides is 1. The fourth-order valence-electron chi connectivity index (χ4n) is 3.23. The molecule has 0 heterocycles. The van der Waals surface area contributed by atoms with Gasteiger partial charge in [-0.3, -0.25) is 9.69 Å². The van der Waals surface area contributed by atoms with Crippen molar-refractivity contribution in [2.24, 2.45) is 5.41 Å². The molecule has 0 atom stereocenters. The highest BCUT2D eigenvalue weighted by molar-refractivity contribution is 6.19. The van der Waals surface area contributed by atoms with Gasteiger partial charge in [0.2, 0.25) is 5.91 Å². The second-order valence-electron chi connectivity index (χ2n) is 8.98. The van der Waals surface area contributed by atoms with E-state index in [9.17, 15) is 9.59 Å². The van der Waals surface area contributed by atoms with E-state index in [1.165, 1.54) is 0 Å². The lowest BCUT2D eigenvalue weighted by Crippen LogP contribution is -2.41. The van der Waals surface area contributed by atoms with Crippen molar-refractivity contribution in [1.29, 1.82) is 0 Å². The monoisotopic (exact) mass is 493 g/mol. The zero-order valence-electron chi connectivity index (χ0n) is 20.4. The number of nitrogens with one attached hydrogen (secondary N) is 2. The largest absolute Gasteiger partial charge is 0.457 e. The summed E-state index contributed by atoms with van der Waals surface area (Å²) in [4.78, 5) is 27.1. The summed E-state index contributed by atoms with van der Waals surface area (Å²) in [5, 5.41) is 5.87. The quantitative estimate of drug-likeness (QED) is 0.247. The first kappa shape index (κ1) is 26.1. The molecule has 6 nitrogen and oxygen atoms in total. The summed E-state index contributed by atoms with van der Waals surface area (Å²) in [6, 6.07) is 24.3. The number of urea groups is 1. The zero-order valence-corrected chi connectivity index (χ0v) is 21.1. The van der Waals surface area contributed by atoms with E-state index in [-0.39, 0.29) is 17.8 Å². The Morgan fingerprint density at radius 2 is 1.54 bits per heavy atom. The van der Waals surface area contributed by atoms with E-state index in [0.29, 0.717) is 30.9 Å². The van der Waals surface area contributed by atoms with E-state index >= 15 is 0 Å². The number of halogens is 1. The minimum absolute atomic E-state index is 0.106. The molecular weight excluding hydrogens is 462 g/mol. The van der Waals surface area contributed by atoms with E-state index in [0.717, 1.165) is 17.0 Å². The molecule has 0 spiro atoms. The molecule has 3 amide bonds. The molecule has 0 fully saturated rings. The first-order valence-electron chi connectivity index (χ1n) is 11.6. The third-order valence-corrected chi connectivity index (χ3v) is 6.14. The van der Waals surface area contributed by atoms with Gasteiger partial charge in [0.05, 0.1) is 5.41 Å². The number of nitrogens with zero attached hydrogens (tertiary/aromatic N) is 1. The van der Waals surface area contributed by atoms with Crippen molar-refractivity contribution in [3.8, 4) is 11.5 Å². The van der Waals surface area contributed by atoms with Gasteiger partial charge in [-0.05, 0) is 75.7 Å². The first-order valence-corrected chi connectivity index (χ1v) is 12.1. The molecule has 0 radical (unpaired) electrons. The standard InChI is InChI=1S/C28H32ClN3O3/c1-21-10-12-22(13-11-21)31-27(34)32(19-7-18-30-26(33)28(2,3)20-29)23-14-16-25(17-15-23)35-24-8-5-4-6-9-24/h4-6,8-17H,7,18-20H2,1-3H3,(H,30,33)(H,31,34). The Morgan fingerprint density at radius 1 is 0.914 bits per heavy atom. The number of para-hydroxylation sites is 1. The Hall–Kier alpha value is -3.51. The van der Waals surface area contributed by atoms with Crippen LogP contribution in [0, 0.1) is 12.3 Å². The summed E-state index contributed by atoms with van der Waals surface area (Å²) < 4.78 is 5.87. The van der Waals surface area contributed by atoms with Gasteiger partial charge in [-0.15, -0.1) is 11.6 Å².